The van der Waals surface area contributed by atoms with Crippen molar-refractivity contribution in [2.45, 2.75) is 32.6 Å². The van der Waals surface area contributed by atoms with Gasteiger partial charge in [-0.1, -0.05) is 39.0 Å². The molecular formula is C16H24ClNO2. The van der Waals surface area contributed by atoms with Crippen LogP contribution in [-0.2, 0) is 10.2 Å². The van der Waals surface area contributed by atoms with Crippen molar-refractivity contribution < 1.29 is 9.53 Å². The van der Waals surface area contributed by atoms with Crippen molar-refractivity contribution in [1.29, 1.82) is 0 Å². The average molecular weight is 298 g/mol. The van der Waals surface area contributed by atoms with Crippen LogP contribution in [0.15, 0.2) is 24.3 Å². The lowest BCUT2D eigenvalue weighted by molar-refractivity contribution is 0.0942. The standard InChI is InChI=1S/C16H24ClNO2/c1-16(2,3)14-8-5-4-7-13(14)15(19)18-10-6-11-20-12-9-17/h4-5,7-8H,6,9-12H2,1-3H3,(H,18,19). The van der Waals surface area contributed by atoms with Crippen LogP contribution in [0.25, 0.3) is 0 Å². The molecule has 0 radical (unpaired) electrons. The Kier molecular flexibility index (Phi) is 7.03. The fourth-order valence-electron chi connectivity index (χ4n) is 1.96. The molecule has 112 valence electrons. The van der Waals surface area contributed by atoms with Gasteiger partial charge in [0, 0.05) is 24.6 Å². The Labute approximate surface area is 126 Å². The van der Waals surface area contributed by atoms with Crippen LogP contribution in [0.3, 0.4) is 0 Å². The van der Waals surface area contributed by atoms with E-state index < -0.39 is 0 Å². The lowest BCUT2D eigenvalue weighted by Gasteiger charge is -2.22. The summed E-state index contributed by atoms with van der Waals surface area (Å²) in [6, 6.07) is 7.75. The maximum atomic E-state index is 12.2. The zero-order chi connectivity index (χ0) is 15.0. The van der Waals surface area contributed by atoms with Gasteiger partial charge in [-0.05, 0) is 23.5 Å². The Morgan fingerprint density at radius 2 is 1.95 bits per heavy atom. The van der Waals surface area contributed by atoms with E-state index in [1.165, 1.54) is 0 Å². The molecule has 0 bridgehead atoms. The number of rotatable bonds is 7. The molecule has 0 atom stereocenters. The number of alkyl halides is 1. The lowest BCUT2D eigenvalue weighted by Crippen LogP contribution is -2.28. The monoisotopic (exact) mass is 297 g/mol. The van der Waals surface area contributed by atoms with Crippen molar-refractivity contribution in [1.82, 2.24) is 5.32 Å². The van der Waals surface area contributed by atoms with Crippen molar-refractivity contribution in [2.24, 2.45) is 0 Å². The summed E-state index contributed by atoms with van der Waals surface area (Å²) in [4.78, 5) is 12.2. The molecule has 0 spiro atoms. The number of carbonyl (C=O) groups excluding carboxylic acids is 1. The second-order valence-corrected chi connectivity index (χ2v) is 6.08. The van der Waals surface area contributed by atoms with Gasteiger partial charge in [0.1, 0.15) is 0 Å². The highest BCUT2D eigenvalue weighted by Crippen LogP contribution is 2.25. The van der Waals surface area contributed by atoms with Gasteiger partial charge in [-0.15, -0.1) is 11.6 Å². The van der Waals surface area contributed by atoms with E-state index in [0.717, 1.165) is 17.5 Å². The first-order valence-corrected chi connectivity index (χ1v) is 7.51. The minimum Gasteiger partial charge on any atom is -0.380 e. The van der Waals surface area contributed by atoms with E-state index >= 15 is 0 Å². The minimum absolute atomic E-state index is 0.0205. The molecule has 0 aliphatic heterocycles. The summed E-state index contributed by atoms with van der Waals surface area (Å²) in [5, 5.41) is 2.94. The van der Waals surface area contributed by atoms with Crippen LogP contribution < -0.4 is 5.32 Å². The van der Waals surface area contributed by atoms with Gasteiger partial charge in [0.05, 0.1) is 6.61 Å². The Morgan fingerprint density at radius 1 is 1.25 bits per heavy atom. The van der Waals surface area contributed by atoms with E-state index in [0.29, 0.717) is 25.6 Å². The average Bonchev–Trinajstić information content (AvgIpc) is 2.41. The number of carbonyl (C=O) groups is 1. The molecule has 0 aromatic heterocycles. The maximum absolute atomic E-state index is 12.2. The molecule has 20 heavy (non-hydrogen) atoms. The number of benzene rings is 1. The fraction of sp³-hybridized carbons (Fsp3) is 0.562. The van der Waals surface area contributed by atoms with Gasteiger partial charge in [0.2, 0.25) is 0 Å². The fourth-order valence-corrected chi connectivity index (χ4v) is 2.07. The summed E-state index contributed by atoms with van der Waals surface area (Å²) >= 11 is 5.51. The molecule has 4 heteroatoms. The normalized spacial score (nSPS) is 11.4. The first-order chi connectivity index (χ1) is 9.46. The van der Waals surface area contributed by atoms with Gasteiger partial charge in [-0.2, -0.15) is 0 Å². The van der Waals surface area contributed by atoms with Crippen LogP contribution in [0.5, 0.6) is 0 Å². The molecule has 1 rings (SSSR count). The highest BCUT2D eigenvalue weighted by molar-refractivity contribution is 6.17. The molecule has 1 aromatic carbocycles. The van der Waals surface area contributed by atoms with Crippen LogP contribution in [0.1, 0.15) is 43.1 Å². The molecule has 0 saturated heterocycles. The van der Waals surface area contributed by atoms with Crippen molar-refractivity contribution in [3.8, 4) is 0 Å². The molecule has 1 N–H and O–H groups in total. The van der Waals surface area contributed by atoms with Crippen LogP contribution in [0, 0.1) is 0 Å². The van der Waals surface area contributed by atoms with Gasteiger partial charge in [-0.3, -0.25) is 4.79 Å². The summed E-state index contributed by atoms with van der Waals surface area (Å²) < 4.78 is 5.27. The third kappa shape index (κ3) is 5.51. The molecule has 0 aliphatic carbocycles. The summed E-state index contributed by atoms with van der Waals surface area (Å²) in [6.45, 7) is 8.12. The highest BCUT2D eigenvalue weighted by Gasteiger charge is 2.20. The van der Waals surface area contributed by atoms with E-state index in [-0.39, 0.29) is 11.3 Å². The molecule has 1 aromatic rings. The number of nitrogens with one attached hydrogen (secondary N) is 1. The molecule has 0 saturated carbocycles. The van der Waals surface area contributed by atoms with E-state index in [1.807, 2.05) is 24.3 Å². The smallest absolute Gasteiger partial charge is 0.251 e. The predicted octanol–water partition coefficient (Wildman–Crippen LogP) is 3.36. The predicted molar refractivity (Wildman–Crippen MR) is 83.6 cm³/mol. The van der Waals surface area contributed by atoms with Crippen molar-refractivity contribution >= 4 is 17.5 Å². The Balaban J connectivity index is 2.52. The number of amides is 1. The maximum Gasteiger partial charge on any atom is 0.251 e. The largest absolute Gasteiger partial charge is 0.380 e. The van der Waals surface area contributed by atoms with Crippen LogP contribution in [0.4, 0.5) is 0 Å². The first-order valence-electron chi connectivity index (χ1n) is 6.98. The van der Waals surface area contributed by atoms with Gasteiger partial charge < -0.3 is 10.1 Å². The number of ether oxygens (including phenoxy) is 1. The van der Waals surface area contributed by atoms with E-state index in [9.17, 15) is 4.79 Å². The summed E-state index contributed by atoms with van der Waals surface area (Å²) in [7, 11) is 0. The summed E-state index contributed by atoms with van der Waals surface area (Å²) in [5.74, 6) is 0.485. The second-order valence-electron chi connectivity index (χ2n) is 5.71. The zero-order valence-corrected chi connectivity index (χ0v) is 13.3. The minimum atomic E-state index is -0.0443. The number of halogens is 1. The van der Waals surface area contributed by atoms with Gasteiger partial charge >= 0.3 is 0 Å². The van der Waals surface area contributed by atoms with Crippen LogP contribution >= 0.6 is 11.6 Å². The highest BCUT2D eigenvalue weighted by atomic mass is 35.5. The molecular weight excluding hydrogens is 274 g/mol. The van der Waals surface area contributed by atoms with E-state index in [4.69, 9.17) is 16.3 Å². The van der Waals surface area contributed by atoms with Crippen molar-refractivity contribution in [3.05, 3.63) is 35.4 Å². The SMILES string of the molecule is CC(C)(C)c1ccccc1C(=O)NCCCOCCCl. The van der Waals surface area contributed by atoms with Gasteiger partial charge in [-0.25, -0.2) is 0 Å². The summed E-state index contributed by atoms with van der Waals surface area (Å²) in [5.41, 5.74) is 1.77. The molecule has 3 nitrogen and oxygen atoms in total. The van der Waals surface area contributed by atoms with Crippen molar-refractivity contribution in [3.63, 3.8) is 0 Å². The third-order valence-corrected chi connectivity index (χ3v) is 3.11. The van der Waals surface area contributed by atoms with Crippen molar-refractivity contribution in [2.75, 3.05) is 25.6 Å². The van der Waals surface area contributed by atoms with E-state index in [1.54, 1.807) is 0 Å². The third-order valence-electron chi connectivity index (χ3n) is 2.95. The molecule has 0 heterocycles. The first kappa shape index (κ1) is 17.0. The lowest BCUT2D eigenvalue weighted by atomic mass is 9.83. The molecule has 0 fully saturated rings. The van der Waals surface area contributed by atoms with E-state index in [2.05, 4.69) is 26.1 Å². The van der Waals surface area contributed by atoms with Crippen LogP contribution in [-0.4, -0.2) is 31.5 Å². The van der Waals surface area contributed by atoms with Gasteiger partial charge in [0.25, 0.3) is 5.91 Å². The summed E-state index contributed by atoms with van der Waals surface area (Å²) in [6.07, 6.45) is 0.792. The zero-order valence-electron chi connectivity index (χ0n) is 12.5. The Morgan fingerprint density at radius 3 is 2.60 bits per heavy atom. The molecule has 0 aliphatic rings. The quantitative estimate of drug-likeness (QED) is 0.619. The molecule has 0 unspecified atom stereocenters. The van der Waals surface area contributed by atoms with Gasteiger partial charge in [0.15, 0.2) is 0 Å². The Hall–Kier alpha value is -1.06. The number of hydrogen-bond acceptors (Lipinski definition) is 2. The number of hydrogen-bond donors (Lipinski definition) is 1. The topological polar surface area (TPSA) is 38.3 Å². The van der Waals surface area contributed by atoms with Crippen LogP contribution in [0.2, 0.25) is 0 Å². The Bertz CT molecular complexity index is 427. The molecule has 1 amide bonds. The second kappa shape index (κ2) is 8.28.